The van der Waals surface area contributed by atoms with Gasteiger partial charge < -0.3 is 5.32 Å². The van der Waals surface area contributed by atoms with E-state index in [1.807, 2.05) is 35.0 Å². The molecule has 2 aromatic carbocycles. The van der Waals surface area contributed by atoms with Crippen molar-refractivity contribution in [1.29, 1.82) is 0 Å². The number of rotatable bonds is 2. The highest BCUT2D eigenvalue weighted by Crippen LogP contribution is 2.37. The van der Waals surface area contributed by atoms with E-state index in [0.29, 0.717) is 15.1 Å². The van der Waals surface area contributed by atoms with Gasteiger partial charge in [0.2, 0.25) is 0 Å². The van der Waals surface area contributed by atoms with Gasteiger partial charge in [-0.25, -0.2) is 4.68 Å². The van der Waals surface area contributed by atoms with Gasteiger partial charge in [-0.05, 0) is 36.8 Å². The van der Waals surface area contributed by atoms with Crippen molar-refractivity contribution in [3.05, 3.63) is 63.1 Å². The highest BCUT2D eigenvalue weighted by atomic mass is 35.5. The van der Waals surface area contributed by atoms with Gasteiger partial charge in [-0.15, -0.1) is 0 Å². The Morgan fingerprint density at radius 2 is 1.70 bits per heavy atom. The van der Waals surface area contributed by atoms with Gasteiger partial charge in [-0.1, -0.05) is 46.9 Å². The molecule has 3 nitrogen and oxygen atoms in total. The van der Waals surface area contributed by atoms with Crippen LogP contribution in [0.25, 0.3) is 16.9 Å². The molecule has 1 N–H and O–H groups in total. The predicted molar refractivity (Wildman–Crippen MR) is 96.2 cm³/mol. The minimum atomic E-state index is 0.607. The third-order valence-corrected chi connectivity index (χ3v) is 4.71. The Bertz CT molecular complexity index is 885. The van der Waals surface area contributed by atoms with E-state index in [4.69, 9.17) is 39.9 Å². The lowest BCUT2D eigenvalue weighted by Gasteiger charge is -2.08. The van der Waals surface area contributed by atoms with E-state index >= 15 is 0 Å². The molecule has 1 aliphatic rings. The third-order valence-electron chi connectivity index (χ3n) is 3.90. The monoisotopic (exact) mass is 363 g/mol. The van der Waals surface area contributed by atoms with Crippen LogP contribution in [0.4, 0.5) is 5.82 Å². The zero-order valence-electron chi connectivity index (χ0n) is 12.0. The lowest BCUT2D eigenvalue weighted by molar-refractivity contribution is 0.883. The van der Waals surface area contributed by atoms with Crippen LogP contribution in [-0.2, 0) is 6.42 Å². The fourth-order valence-corrected chi connectivity index (χ4v) is 3.33. The zero-order chi connectivity index (χ0) is 16.0. The number of halogens is 3. The highest BCUT2D eigenvalue weighted by molar-refractivity contribution is 6.34. The van der Waals surface area contributed by atoms with Gasteiger partial charge in [0.05, 0.1) is 16.4 Å². The standard InChI is InChI=1S/C17H12Cl3N3/c18-11-3-1-10(2-4-11)16-13-7-8-21-17(13)23(22-16)15-9-12(19)5-6-14(15)20/h1-6,9,21H,7-8H2. The molecule has 0 amide bonds. The first-order chi connectivity index (χ1) is 11.1. The van der Waals surface area contributed by atoms with Crippen LogP contribution in [0.15, 0.2) is 42.5 Å². The summed E-state index contributed by atoms with van der Waals surface area (Å²) >= 11 is 18.5. The van der Waals surface area contributed by atoms with Crippen molar-refractivity contribution in [2.24, 2.45) is 0 Å². The van der Waals surface area contributed by atoms with E-state index < -0.39 is 0 Å². The molecule has 23 heavy (non-hydrogen) atoms. The lowest BCUT2D eigenvalue weighted by Crippen LogP contribution is -2.04. The van der Waals surface area contributed by atoms with Crippen LogP contribution in [0.3, 0.4) is 0 Å². The second kappa shape index (κ2) is 5.75. The molecule has 1 aliphatic heterocycles. The molecule has 3 aromatic rings. The van der Waals surface area contributed by atoms with Crippen LogP contribution in [0.1, 0.15) is 5.56 Å². The second-order valence-electron chi connectivity index (χ2n) is 5.37. The van der Waals surface area contributed by atoms with Crippen LogP contribution in [0.5, 0.6) is 0 Å². The first kappa shape index (κ1) is 14.9. The van der Waals surface area contributed by atoms with E-state index in [-0.39, 0.29) is 0 Å². The molecule has 2 heterocycles. The maximum atomic E-state index is 6.34. The Morgan fingerprint density at radius 3 is 2.48 bits per heavy atom. The van der Waals surface area contributed by atoms with Gasteiger partial charge >= 0.3 is 0 Å². The Labute approximate surface area is 148 Å². The van der Waals surface area contributed by atoms with Crippen molar-refractivity contribution in [3.8, 4) is 16.9 Å². The summed E-state index contributed by atoms with van der Waals surface area (Å²) in [4.78, 5) is 0. The summed E-state index contributed by atoms with van der Waals surface area (Å²) in [6.45, 7) is 0.881. The molecule has 0 radical (unpaired) electrons. The smallest absolute Gasteiger partial charge is 0.133 e. The van der Waals surface area contributed by atoms with Crippen LogP contribution in [0, 0.1) is 0 Å². The molecule has 4 rings (SSSR count). The van der Waals surface area contributed by atoms with E-state index in [0.717, 1.165) is 35.7 Å². The summed E-state index contributed by atoms with van der Waals surface area (Å²) in [5.41, 5.74) is 3.93. The maximum Gasteiger partial charge on any atom is 0.133 e. The summed E-state index contributed by atoms with van der Waals surface area (Å²) < 4.78 is 1.83. The van der Waals surface area contributed by atoms with E-state index in [1.54, 1.807) is 12.1 Å². The van der Waals surface area contributed by atoms with Crippen molar-refractivity contribution in [3.63, 3.8) is 0 Å². The van der Waals surface area contributed by atoms with Gasteiger partial charge in [0.1, 0.15) is 5.82 Å². The SMILES string of the molecule is Clc1ccc(-c2nn(-c3cc(Cl)ccc3Cl)c3c2CCN3)cc1. The Balaban J connectivity index is 1.91. The van der Waals surface area contributed by atoms with Crippen molar-refractivity contribution in [2.75, 3.05) is 11.9 Å². The molecule has 0 aliphatic carbocycles. The van der Waals surface area contributed by atoms with E-state index in [9.17, 15) is 0 Å². The summed E-state index contributed by atoms with van der Waals surface area (Å²) in [7, 11) is 0. The van der Waals surface area contributed by atoms with E-state index in [2.05, 4.69) is 5.32 Å². The lowest BCUT2D eigenvalue weighted by atomic mass is 10.1. The molecule has 116 valence electrons. The summed E-state index contributed by atoms with van der Waals surface area (Å²) in [6, 6.07) is 13.1. The second-order valence-corrected chi connectivity index (χ2v) is 6.65. The number of nitrogens with zero attached hydrogens (tertiary/aromatic N) is 2. The van der Waals surface area contributed by atoms with Gasteiger partial charge in [-0.2, -0.15) is 5.10 Å². The van der Waals surface area contributed by atoms with Crippen molar-refractivity contribution in [2.45, 2.75) is 6.42 Å². The normalized spacial score (nSPS) is 13.0. The highest BCUT2D eigenvalue weighted by Gasteiger charge is 2.24. The summed E-state index contributed by atoms with van der Waals surface area (Å²) in [6.07, 6.45) is 0.922. The van der Waals surface area contributed by atoms with Crippen LogP contribution >= 0.6 is 34.8 Å². The quantitative estimate of drug-likeness (QED) is 0.653. The van der Waals surface area contributed by atoms with Crippen LogP contribution in [0.2, 0.25) is 15.1 Å². The minimum Gasteiger partial charge on any atom is -0.369 e. The molecule has 0 spiro atoms. The van der Waals surface area contributed by atoms with Crippen LogP contribution < -0.4 is 5.32 Å². The number of aromatic nitrogens is 2. The van der Waals surface area contributed by atoms with Gasteiger partial charge in [-0.3, -0.25) is 0 Å². The largest absolute Gasteiger partial charge is 0.369 e. The molecular formula is C17H12Cl3N3. The summed E-state index contributed by atoms with van der Waals surface area (Å²) in [5, 5.41) is 10.1. The number of fused-ring (bicyclic) bond motifs is 1. The maximum absolute atomic E-state index is 6.34. The van der Waals surface area contributed by atoms with E-state index in [1.165, 1.54) is 5.56 Å². The number of hydrogen-bond acceptors (Lipinski definition) is 2. The average molecular weight is 365 g/mol. The Morgan fingerprint density at radius 1 is 0.957 bits per heavy atom. The number of benzene rings is 2. The number of nitrogens with one attached hydrogen (secondary N) is 1. The van der Waals surface area contributed by atoms with Gasteiger partial charge in [0, 0.05) is 27.7 Å². The molecule has 1 aromatic heterocycles. The Kier molecular flexibility index (Phi) is 3.72. The fraction of sp³-hybridized carbons (Fsp3) is 0.118. The topological polar surface area (TPSA) is 29.9 Å². The molecule has 0 saturated heterocycles. The summed E-state index contributed by atoms with van der Waals surface area (Å²) in [5.74, 6) is 0.971. The number of anilines is 1. The predicted octanol–water partition coefficient (Wildman–Crippen LogP) is 5.47. The van der Waals surface area contributed by atoms with Crippen molar-refractivity contribution in [1.82, 2.24) is 9.78 Å². The molecule has 0 bridgehead atoms. The first-order valence-corrected chi connectivity index (χ1v) is 8.34. The molecule has 0 fully saturated rings. The fourth-order valence-electron chi connectivity index (χ4n) is 2.84. The van der Waals surface area contributed by atoms with Gasteiger partial charge in [0.15, 0.2) is 0 Å². The molecule has 0 unspecified atom stereocenters. The third kappa shape index (κ3) is 2.59. The van der Waals surface area contributed by atoms with Crippen LogP contribution in [-0.4, -0.2) is 16.3 Å². The molecule has 0 saturated carbocycles. The van der Waals surface area contributed by atoms with Gasteiger partial charge in [0.25, 0.3) is 0 Å². The average Bonchev–Trinajstić information content (AvgIpc) is 3.13. The molecule has 6 heteroatoms. The van der Waals surface area contributed by atoms with Crippen molar-refractivity contribution >= 4 is 40.6 Å². The molecule has 0 atom stereocenters. The van der Waals surface area contributed by atoms with Crippen molar-refractivity contribution < 1.29 is 0 Å². The number of hydrogen-bond donors (Lipinski definition) is 1. The first-order valence-electron chi connectivity index (χ1n) is 7.20. The molecular weight excluding hydrogens is 353 g/mol. The Hall–Kier alpha value is -1.68. The minimum absolute atomic E-state index is 0.607. The zero-order valence-corrected chi connectivity index (χ0v) is 14.3.